The van der Waals surface area contributed by atoms with Gasteiger partial charge < -0.3 is 10.1 Å². The van der Waals surface area contributed by atoms with Crippen molar-refractivity contribution in [2.24, 2.45) is 0 Å². The number of piperidine rings is 1. The Kier molecular flexibility index (Phi) is 4.88. The Morgan fingerprint density at radius 1 is 1.53 bits per heavy atom. The zero-order chi connectivity index (χ0) is 12.1. The van der Waals surface area contributed by atoms with E-state index in [0.29, 0.717) is 28.8 Å². The summed E-state index contributed by atoms with van der Waals surface area (Å²) >= 11 is 7.35. The molecule has 6 heteroatoms. The van der Waals surface area contributed by atoms with Gasteiger partial charge in [0.15, 0.2) is 5.16 Å². The summed E-state index contributed by atoms with van der Waals surface area (Å²) in [6, 6.07) is 2.08. The summed E-state index contributed by atoms with van der Waals surface area (Å²) in [6.45, 7) is 1.72. The molecule has 1 aromatic heterocycles. The van der Waals surface area contributed by atoms with Crippen molar-refractivity contribution in [3.8, 4) is 5.88 Å². The molecule has 1 fully saturated rings. The van der Waals surface area contributed by atoms with Crippen LogP contribution in [0.25, 0.3) is 0 Å². The quantitative estimate of drug-likeness (QED) is 0.518. The second-order valence-corrected chi connectivity index (χ2v) is 5.13. The van der Waals surface area contributed by atoms with Gasteiger partial charge in [-0.25, -0.2) is 4.98 Å². The number of hydrogen-bond acceptors (Lipinski definition) is 5. The van der Waals surface area contributed by atoms with Gasteiger partial charge in [0, 0.05) is 12.1 Å². The summed E-state index contributed by atoms with van der Waals surface area (Å²) in [5.74, 6) is 0.557. The van der Waals surface area contributed by atoms with Gasteiger partial charge in [-0.3, -0.25) is 0 Å². The third-order valence-electron chi connectivity index (χ3n) is 2.68. The van der Waals surface area contributed by atoms with E-state index in [1.54, 1.807) is 6.07 Å². The van der Waals surface area contributed by atoms with Crippen LogP contribution < -0.4 is 10.1 Å². The standard InChI is InChI=1S/C11H16ClN3OS/c1-17-11-14-9(12)6-10(15-11)16-7-8-4-2-3-5-13-8/h6,8,13H,2-5,7H2,1H3. The summed E-state index contributed by atoms with van der Waals surface area (Å²) in [5.41, 5.74) is 0. The highest BCUT2D eigenvalue weighted by Crippen LogP contribution is 2.19. The van der Waals surface area contributed by atoms with E-state index < -0.39 is 0 Å². The Hall–Kier alpha value is -0.520. The first-order chi connectivity index (χ1) is 8.28. The van der Waals surface area contributed by atoms with Crippen LogP contribution in [0, 0.1) is 0 Å². The Bertz CT molecular complexity index is 372. The van der Waals surface area contributed by atoms with Crippen LogP contribution in [0.15, 0.2) is 11.2 Å². The first kappa shape index (κ1) is 12.9. The molecule has 0 radical (unpaired) electrons. The van der Waals surface area contributed by atoms with Crippen LogP contribution in [0.4, 0.5) is 0 Å². The molecule has 1 aliphatic rings. The monoisotopic (exact) mass is 273 g/mol. The lowest BCUT2D eigenvalue weighted by Gasteiger charge is -2.23. The fourth-order valence-electron chi connectivity index (χ4n) is 1.79. The SMILES string of the molecule is CSc1nc(Cl)cc(OCC2CCCCN2)n1. The molecule has 94 valence electrons. The molecule has 1 aliphatic heterocycles. The largest absolute Gasteiger partial charge is 0.476 e. The molecule has 17 heavy (non-hydrogen) atoms. The highest BCUT2D eigenvalue weighted by Gasteiger charge is 2.13. The molecule has 1 saturated heterocycles. The van der Waals surface area contributed by atoms with Gasteiger partial charge in [0.2, 0.25) is 5.88 Å². The van der Waals surface area contributed by atoms with Crippen LogP contribution in [0.3, 0.4) is 0 Å². The number of nitrogens with one attached hydrogen (secondary N) is 1. The van der Waals surface area contributed by atoms with Gasteiger partial charge in [-0.2, -0.15) is 4.98 Å². The second-order valence-electron chi connectivity index (χ2n) is 3.97. The van der Waals surface area contributed by atoms with E-state index in [-0.39, 0.29) is 0 Å². The van der Waals surface area contributed by atoms with Crippen LogP contribution in [-0.4, -0.2) is 35.4 Å². The van der Waals surface area contributed by atoms with Crippen LogP contribution >= 0.6 is 23.4 Å². The molecule has 0 spiro atoms. The summed E-state index contributed by atoms with van der Waals surface area (Å²) in [5, 5.41) is 4.50. The predicted octanol–water partition coefficient (Wildman–Crippen LogP) is 2.37. The van der Waals surface area contributed by atoms with E-state index in [1.807, 2.05) is 6.26 Å². The van der Waals surface area contributed by atoms with Gasteiger partial charge in [0.05, 0.1) is 0 Å². The van der Waals surface area contributed by atoms with Crippen molar-refractivity contribution in [2.45, 2.75) is 30.5 Å². The predicted molar refractivity (Wildman–Crippen MR) is 70.0 cm³/mol. The number of rotatable bonds is 4. The molecule has 0 bridgehead atoms. The molecule has 1 N–H and O–H groups in total. The summed E-state index contributed by atoms with van der Waals surface area (Å²) in [6.07, 6.45) is 5.60. The maximum Gasteiger partial charge on any atom is 0.218 e. The molecular weight excluding hydrogens is 258 g/mol. The van der Waals surface area contributed by atoms with E-state index in [9.17, 15) is 0 Å². The van der Waals surface area contributed by atoms with Gasteiger partial charge in [-0.05, 0) is 25.6 Å². The van der Waals surface area contributed by atoms with E-state index in [0.717, 1.165) is 13.0 Å². The third kappa shape index (κ3) is 4.01. The molecule has 0 saturated carbocycles. The normalized spacial score (nSPS) is 20.2. The van der Waals surface area contributed by atoms with Crippen LogP contribution in [0.1, 0.15) is 19.3 Å². The maximum atomic E-state index is 5.89. The lowest BCUT2D eigenvalue weighted by Crippen LogP contribution is -2.38. The number of hydrogen-bond donors (Lipinski definition) is 1. The highest BCUT2D eigenvalue weighted by atomic mass is 35.5. The van der Waals surface area contributed by atoms with E-state index in [1.165, 1.54) is 24.6 Å². The van der Waals surface area contributed by atoms with Crippen LogP contribution in [-0.2, 0) is 0 Å². The summed E-state index contributed by atoms with van der Waals surface area (Å²) < 4.78 is 5.66. The lowest BCUT2D eigenvalue weighted by molar-refractivity contribution is 0.230. The number of nitrogens with zero attached hydrogens (tertiary/aromatic N) is 2. The van der Waals surface area contributed by atoms with E-state index in [4.69, 9.17) is 16.3 Å². The molecule has 1 aromatic rings. The molecule has 2 heterocycles. The second kappa shape index (κ2) is 6.42. The number of ether oxygens (including phenoxy) is 1. The summed E-state index contributed by atoms with van der Waals surface area (Å²) in [7, 11) is 0. The third-order valence-corrected chi connectivity index (χ3v) is 3.42. The fraction of sp³-hybridized carbons (Fsp3) is 0.636. The van der Waals surface area contributed by atoms with Crippen LogP contribution in [0.2, 0.25) is 5.15 Å². The fourth-order valence-corrected chi connectivity index (χ4v) is 2.39. The van der Waals surface area contributed by atoms with E-state index in [2.05, 4.69) is 15.3 Å². The first-order valence-electron chi connectivity index (χ1n) is 5.72. The van der Waals surface area contributed by atoms with Crippen LogP contribution in [0.5, 0.6) is 5.88 Å². The molecular formula is C11H16ClN3OS. The Balaban J connectivity index is 1.91. The average molecular weight is 274 g/mol. The van der Waals surface area contributed by atoms with Crippen molar-refractivity contribution in [2.75, 3.05) is 19.4 Å². The van der Waals surface area contributed by atoms with Gasteiger partial charge >= 0.3 is 0 Å². The van der Waals surface area contributed by atoms with Gasteiger partial charge in [-0.15, -0.1) is 0 Å². The van der Waals surface area contributed by atoms with Crippen molar-refractivity contribution in [3.63, 3.8) is 0 Å². The molecule has 4 nitrogen and oxygen atoms in total. The summed E-state index contributed by atoms with van der Waals surface area (Å²) in [4.78, 5) is 8.32. The van der Waals surface area contributed by atoms with Crippen molar-refractivity contribution in [1.82, 2.24) is 15.3 Å². The topological polar surface area (TPSA) is 47.0 Å². The minimum Gasteiger partial charge on any atom is -0.476 e. The van der Waals surface area contributed by atoms with Gasteiger partial charge in [-0.1, -0.05) is 29.8 Å². The minimum atomic E-state index is 0.426. The Labute approximate surface area is 111 Å². The van der Waals surface area contributed by atoms with Gasteiger partial charge in [0.25, 0.3) is 0 Å². The maximum absolute atomic E-state index is 5.89. The number of halogens is 1. The first-order valence-corrected chi connectivity index (χ1v) is 7.33. The van der Waals surface area contributed by atoms with Crippen molar-refractivity contribution in [3.05, 3.63) is 11.2 Å². The number of aromatic nitrogens is 2. The lowest BCUT2D eigenvalue weighted by atomic mass is 10.1. The highest BCUT2D eigenvalue weighted by molar-refractivity contribution is 7.98. The molecule has 1 unspecified atom stereocenters. The zero-order valence-corrected chi connectivity index (χ0v) is 11.4. The Morgan fingerprint density at radius 2 is 2.41 bits per heavy atom. The molecule has 2 rings (SSSR count). The average Bonchev–Trinajstić information content (AvgIpc) is 2.37. The molecule has 0 amide bonds. The minimum absolute atomic E-state index is 0.426. The van der Waals surface area contributed by atoms with Crippen molar-refractivity contribution < 1.29 is 4.74 Å². The molecule has 0 aliphatic carbocycles. The zero-order valence-electron chi connectivity index (χ0n) is 9.78. The van der Waals surface area contributed by atoms with Gasteiger partial charge in [0.1, 0.15) is 11.8 Å². The molecule has 0 aromatic carbocycles. The smallest absolute Gasteiger partial charge is 0.218 e. The number of thioether (sulfide) groups is 1. The van der Waals surface area contributed by atoms with Crippen molar-refractivity contribution >= 4 is 23.4 Å². The van der Waals surface area contributed by atoms with E-state index >= 15 is 0 Å². The van der Waals surface area contributed by atoms with Crippen molar-refractivity contribution in [1.29, 1.82) is 0 Å². The Morgan fingerprint density at radius 3 is 3.12 bits per heavy atom. The molecule has 1 atom stereocenters.